The van der Waals surface area contributed by atoms with Crippen LogP contribution < -0.4 is 10.9 Å². The number of nitrogens with one attached hydrogen (secondary N) is 1. The molecular formula is C13H9ClF3N3O2. The van der Waals surface area contributed by atoms with Crippen LogP contribution in [0.1, 0.15) is 15.9 Å². The zero-order chi connectivity index (χ0) is 16.5. The molecule has 1 heterocycles. The molecule has 0 aliphatic rings. The van der Waals surface area contributed by atoms with Crippen LogP contribution in [0.3, 0.4) is 0 Å². The average molecular weight is 332 g/mol. The maximum Gasteiger partial charge on any atom is 0.416 e. The third kappa shape index (κ3) is 2.96. The van der Waals surface area contributed by atoms with Crippen LogP contribution in [0.25, 0.3) is 0 Å². The number of aromatic nitrogens is 2. The lowest BCUT2D eigenvalue weighted by molar-refractivity contribution is -0.137. The quantitative estimate of drug-likeness (QED) is 0.919. The van der Waals surface area contributed by atoms with Crippen molar-refractivity contribution in [2.75, 3.05) is 12.4 Å². The second-order valence-corrected chi connectivity index (χ2v) is 4.60. The highest BCUT2D eigenvalue weighted by Gasteiger charge is 2.31. The zero-order valence-electron chi connectivity index (χ0n) is 11.1. The van der Waals surface area contributed by atoms with Gasteiger partial charge in [0.1, 0.15) is 5.02 Å². The van der Waals surface area contributed by atoms with Gasteiger partial charge in [-0.2, -0.15) is 23.0 Å². The number of nitrogens with zero attached hydrogens (tertiary/aromatic N) is 2. The smallest absolute Gasteiger partial charge is 0.385 e. The van der Waals surface area contributed by atoms with Crippen molar-refractivity contribution < 1.29 is 18.0 Å². The fraction of sp³-hybridized carbons (Fsp3) is 0.154. The highest BCUT2D eigenvalue weighted by Crippen LogP contribution is 2.29. The van der Waals surface area contributed by atoms with E-state index in [9.17, 15) is 22.8 Å². The van der Waals surface area contributed by atoms with E-state index in [4.69, 9.17) is 11.6 Å². The van der Waals surface area contributed by atoms with Crippen LogP contribution in [0.2, 0.25) is 5.02 Å². The number of anilines is 1. The van der Waals surface area contributed by atoms with Crippen LogP contribution in [-0.4, -0.2) is 22.7 Å². The van der Waals surface area contributed by atoms with Crippen LogP contribution in [-0.2, 0) is 6.18 Å². The van der Waals surface area contributed by atoms with Crippen LogP contribution in [0.15, 0.2) is 35.3 Å². The Labute approximate surface area is 127 Å². The Hall–Kier alpha value is -2.35. The molecule has 1 N–H and O–H groups in total. The molecule has 0 saturated heterocycles. The van der Waals surface area contributed by atoms with Gasteiger partial charge in [0.2, 0.25) is 0 Å². The molecule has 0 atom stereocenters. The van der Waals surface area contributed by atoms with Crippen molar-refractivity contribution in [3.8, 4) is 0 Å². The Balaban J connectivity index is 2.50. The van der Waals surface area contributed by atoms with Gasteiger partial charge in [-0.3, -0.25) is 9.59 Å². The van der Waals surface area contributed by atoms with Crippen molar-refractivity contribution in [1.82, 2.24) is 9.78 Å². The topological polar surface area (TPSA) is 64.0 Å². The third-order valence-corrected chi connectivity index (χ3v) is 3.18. The highest BCUT2D eigenvalue weighted by molar-refractivity contribution is 6.33. The van der Waals surface area contributed by atoms with E-state index >= 15 is 0 Å². The Kier molecular flexibility index (Phi) is 4.23. The number of carbonyl (C=O) groups excluding carboxylic acids is 1. The summed E-state index contributed by atoms with van der Waals surface area (Å²) in [6.07, 6.45) is -3.46. The van der Waals surface area contributed by atoms with Crippen molar-refractivity contribution in [2.45, 2.75) is 6.18 Å². The van der Waals surface area contributed by atoms with Gasteiger partial charge in [-0.05, 0) is 18.2 Å². The molecule has 0 fully saturated rings. The van der Waals surface area contributed by atoms with Gasteiger partial charge >= 0.3 is 6.18 Å². The van der Waals surface area contributed by atoms with Gasteiger partial charge < -0.3 is 5.32 Å². The molecule has 0 amide bonds. The number of alkyl halides is 3. The minimum atomic E-state index is -4.59. The molecule has 5 nitrogen and oxygen atoms in total. The van der Waals surface area contributed by atoms with Gasteiger partial charge in [0, 0.05) is 12.6 Å². The van der Waals surface area contributed by atoms with E-state index in [-0.39, 0.29) is 16.3 Å². The number of hydrogen-bond acceptors (Lipinski definition) is 4. The molecule has 0 saturated carbocycles. The van der Waals surface area contributed by atoms with Crippen LogP contribution in [0.5, 0.6) is 0 Å². The average Bonchev–Trinajstić information content (AvgIpc) is 2.48. The fourth-order valence-corrected chi connectivity index (χ4v) is 1.93. The maximum absolute atomic E-state index is 12.7. The second kappa shape index (κ2) is 5.80. The van der Waals surface area contributed by atoms with Crippen molar-refractivity contribution in [3.05, 3.63) is 57.0 Å². The van der Waals surface area contributed by atoms with E-state index < -0.39 is 23.2 Å². The minimum absolute atomic E-state index is 0.208. The summed E-state index contributed by atoms with van der Waals surface area (Å²) >= 11 is 5.77. The molecule has 1 aromatic heterocycles. The summed E-state index contributed by atoms with van der Waals surface area (Å²) in [5.74, 6) is -0.999. The predicted octanol–water partition coefficient (Wildman–Crippen LogP) is 2.65. The fourth-order valence-electron chi connectivity index (χ4n) is 1.70. The summed E-state index contributed by atoms with van der Waals surface area (Å²) < 4.78 is 38.4. The van der Waals surface area contributed by atoms with Crippen molar-refractivity contribution in [2.24, 2.45) is 0 Å². The molecule has 9 heteroatoms. The lowest BCUT2D eigenvalue weighted by Gasteiger charge is -2.09. The monoisotopic (exact) mass is 331 g/mol. The molecule has 0 unspecified atom stereocenters. The molecule has 1 aromatic carbocycles. The SMILES string of the molecule is CNc1cnn(C(=O)c2cccc(C(F)(F)F)c2)c(=O)c1Cl. The Morgan fingerprint density at radius 3 is 2.64 bits per heavy atom. The summed E-state index contributed by atoms with van der Waals surface area (Å²) in [6, 6.07) is 3.71. The third-order valence-electron chi connectivity index (χ3n) is 2.82. The molecule has 2 rings (SSSR count). The van der Waals surface area contributed by atoms with E-state index in [0.29, 0.717) is 10.7 Å². The van der Waals surface area contributed by atoms with E-state index in [1.807, 2.05) is 0 Å². The van der Waals surface area contributed by atoms with Gasteiger partial charge in [-0.1, -0.05) is 17.7 Å². The first-order valence-electron chi connectivity index (χ1n) is 5.93. The summed E-state index contributed by atoms with van der Waals surface area (Å²) in [6.45, 7) is 0. The first kappa shape index (κ1) is 16.0. The number of carbonyl (C=O) groups is 1. The number of halogens is 4. The molecule has 0 radical (unpaired) electrons. The Bertz CT molecular complexity index is 787. The maximum atomic E-state index is 12.7. The largest absolute Gasteiger partial charge is 0.416 e. The molecule has 0 aliphatic heterocycles. The first-order valence-corrected chi connectivity index (χ1v) is 6.31. The van der Waals surface area contributed by atoms with Crippen molar-refractivity contribution in [3.63, 3.8) is 0 Å². The second-order valence-electron chi connectivity index (χ2n) is 4.22. The van der Waals surface area contributed by atoms with Gasteiger partial charge in [0.15, 0.2) is 0 Å². The number of hydrogen-bond donors (Lipinski definition) is 1. The predicted molar refractivity (Wildman–Crippen MR) is 74.2 cm³/mol. The molecule has 2 aromatic rings. The van der Waals surface area contributed by atoms with Crippen LogP contribution in [0.4, 0.5) is 18.9 Å². The molecule has 0 bridgehead atoms. The van der Waals surface area contributed by atoms with Crippen molar-refractivity contribution >= 4 is 23.2 Å². The van der Waals surface area contributed by atoms with Gasteiger partial charge in [0.25, 0.3) is 11.5 Å². The van der Waals surface area contributed by atoms with E-state index in [0.717, 1.165) is 24.4 Å². The van der Waals surface area contributed by atoms with E-state index in [1.54, 1.807) is 0 Å². The summed E-state index contributed by atoms with van der Waals surface area (Å²) in [4.78, 5) is 24.1. The van der Waals surface area contributed by atoms with E-state index in [2.05, 4.69) is 10.4 Å². The first-order chi connectivity index (χ1) is 10.3. The summed E-state index contributed by atoms with van der Waals surface area (Å²) in [7, 11) is 1.50. The molecular weight excluding hydrogens is 323 g/mol. The van der Waals surface area contributed by atoms with Crippen LogP contribution in [0, 0.1) is 0 Å². The zero-order valence-corrected chi connectivity index (χ0v) is 11.9. The minimum Gasteiger partial charge on any atom is -0.385 e. The van der Waals surface area contributed by atoms with E-state index in [1.165, 1.54) is 7.05 Å². The van der Waals surface area contributed by atoms with Gasteiger partial charge in [-0.25, -0.2) is 0 Å². The van der Waals surface area contributed by atoms with Gasteiger partial charge in [-0.15, -0.1) is 0 Å². The molecule has 0 aliphatic carbocycles. The van der Waals surface area contributed by atoms with Gasteiger partial charge in [0.05, 0.1) is 17.4 Å². The standard InChI is InChI=1S/C13H9ClF3N3O2/c1-18-9-6-19-20(12(22)10(9)14)11(21)7-3-2-4-8(5-7)13(15,16)17/h2-6,18H,1H3. The highest BCUT2D eigenvalue weighted by atomic mass is 35.5. The van der Waals surface area contributed by atoms with Crippen molar-refractivity contribution in [1.29, 1.82) is 0 Å². The molecule has 0 spiro atoms. The molecule has 22 heavy (non-hydrogen) atoms. The molecule has 116 valence electrons. The lowest BCUT2D eigenvalue weighted by Crippen LogP contribution is -2.30. The Morgan fingerprint density at radius 2 is 2.05 bits per heavy atom. The summed E-state index contributed by atoms with van der Waals surface area (Å²) in [5.41, 5.74) is -2.03. The number of rotatable bonds is 2. The van der Waals surface area contributed by atoms with Crippen LogP contribution >= 0.6 is 11.6 Å². The summed E-state index contributed by atoms with van der Waals surface area (Å²) in [5, 5.41) is 5.93. The lowest BCUT2D eigenvalue weighted by atomic mass is 10.1. The Morgan fingerprint density at radius 1 is 1.36 bits per heavy atom. The number of benzene rings is 1. The normalized spacial score (nSPS) is 11.3.